The highest BCUT2D eigenvalue weighted by molar-refractivity contribution is 5.76. The first-order chi connectivity index (χ1) is 7.56. The predicted molar refractivity (Wildman–Crippen MR) is 53.8 cm³/mol. The molecule has 16 heavy (non-hydrogen) atoms. The maximum absolute atomic E-state index is 12.5. The van der Waals surface area contributed by atoms with Gasteiger partial charge in [-0.15, -0.1) is 0 Å². The molecule has 0 radical (unpaired) electrons. The highest BCUT2D eigenvalue weighted by Gasteiger charge is 2.25. The maximum Gasteiger partial charge on any atom is 0.325 e. The summed E-state index contributed by atoms with van der Waals surface area (Å²) in [5, 5.41) is 9.69. The van der Waals surface area contributed by atoms with Gasteiger partial charge in [-0.1, -0.05) is 6.07 Å². The van der Waals surface area contributed by atoms with Crippen LogP contribution in [0.3, 0.4) is 0 Å². The third-order valence-corrected chi connectivity index (χ3v) is 1.99. The van der Waals surface area contributed by atoms with Gasteiger partial charge < -0.3 is 15.6 Å². The van der Waals surface area contributed by atoms with E-state index in [1.165, 1.54) is 6.07 Å². The third kappa shape index (κ3) is 2.98. The molecule has 2 atom stereocenters. The zero-order valence-corrected chi connectivity index (χ0v) is 8.76. The molecule has 6 heteroatoms. The number of halogens is 1. The molecule has 0 aliphatic heterocycles. The standard InChI is InChI=1S/C10H13FN2O3/c1-2-16-10(15)8(12)9(14)6-3-4-7(11)13-5-6/h3-5,8-9,14H,2,12H2,1H3/t8-,9+/m1/s1. The summed E-state index contributed by atoms with van der Waals surface area (Å²) < 4.78 is 17.2. The summed E-state index contributed by atoms with van der Waals surface area (Å²) in [6.45, 7) is 1.82. The molecule has 0 aromatic carbocycles. The molecule has 0 unspecified atom stereocenters. The quantitative estimate of drug-likeness (QED) is 0.565. The van der Waals surface area contributed by atoms with Gasteiger partial charge >= 0.3 is 5.97 Å². The number of ether oxygens (including phenoxy) is 1. The summed E-state index contributed by atoms with van der Waals surface area (Å²) in [4.78, 5) is 14.6. The maximum atomic E-state index is 12.5. The Morgan fingerprint density at radius 1 is 1.69 bits per heavy atom. The van der Waals surface area contributed by atoms with Crippen LogP contribution in [0, 0.1) is 5.95 Å². The van der Waals surface area contributed by atoms with Crippen LogP contribution in [0.25, 0.3) is 0 Å². The Labute approximate surface area is 92.1 Å². The lowest BCUT2D eigenvalue weighted by molar-refractivity contribution is -0.147. The smallest absolute Gasteiger partial charge is 0.325 e. The van der Waals surface area contributed by atoms with E-state index < -0.39 is 24.1 Å². The van der Waals surface area contributed by atoms with Crippen molar-refractivity contribution >= 4 is 5.97 Å². The zero-order valence-electron chi connectivity index (χ0n) is 8.76. The van der Waals surface area contributed by atoms with E-state index in [-0.39, 0.29) is 12.2 Å². The summed E-state index contributed by atoms with van der Waals surface area (Å²) in [5.41, 5.74) is 5.74. The number of pyridine rings is 1. The molecule has 3 N–H and O–H groups in total. The minimum atomic E-state index is -1.26. The lowest BCUT2D eigenvalue weighted by Gasteiger charge is -2.17. The molecular formula is C10H13FN2O3. The van der Waals surface area contributed by atoms with Crippen LogP contribution in [0.1, 0.15) is 18.6 Å². The second-order valence-corrected chi connectivity index (χ2v) is 3.14. The molecule has 5 nitrogen and oxygen atoms in total. The number of rotatable bonds is 4. The van der Waals surface area contributed by atoms with E-state index in [1.54, 1.807) is 6.92 Å². The van der Waals surface area contributed by atoms with Gasteiger partial charge in [0.2, 0.25) is 5.95 Å². The van der Waals surface area contributed by atoms with E-state index in [9.17, 15) is 14.3 Å². The number of aliphatic hydroxyl groups is 1. The van der Waals surface area contributed by atoms with Gasteiger partial charge in [0, 0.05) is 11.8 Å². The van der Waals surface area contributed by atoms with Crippen molar-refractivity contribution < 1.29 is 19.0 Å². The van der Waals surface area contributed by atoms with Gasteiger partial charge in [-0.3, -0.25) is 4.79 Å². The van der Waals surface area contributed by atoms with Crippen molar-refractivity contribution in [2.75, 3.05) is 6.61 Å². The fraction of sp³-hybridized carbons (Fsp3) is 0.400. The number of carbonyl (C=O) groups excluding carboxylic acids is 1. The molecule has 0 aliphatic rings. The predicted octanol–water partition coefficient (Wildman–Crippen LogP) is 0.144. The molecular weight excluding hydrogens is 215 g/mol. The zero-order chi connectivity index (χ0) is 12.1. The van der Waals surface area contributed by atoms with Crippen molar-refractivity contribution in [2.45, 2.75) is 19.1 Å². The summed E-state index contributed by atoms with van der Waals surface area (Å²) >= 11 is 0. The van der Waals surface area contributed by atoms with Crippen molar-refractivity contribution in [3.8, 4) is 0 Å². The molecule has 1 heterocycles. The normalized spacial score (nSPS) is 14.2. The lowest BCUT2D eigenvalue weighted by Crippen LogP contribution is -2.38. The number of hydrogen-bond donors (Lipinski definition) is 2. The van der Waals surface area contributed by atoms with Gasteiger partial charge in [-0.2, -0.15) is 4.39 Å². The lowest BCUT2D eigenvalue weighted by atomic mass is 10.1. The average molecular weight is 228 g/mol. The third-order valence-electron chi connectivity index (χ3n) is 1.99. The Hall–Kier alpha value is -1.53. The van der Waals surface area contributed by atoms with Gasteiger partial charge in [0.05, 0.1) is 6.61 Å². The Balaban J connectivity index is 2.73. The first-order valence-electron chi connectivity index (χ1n) is 4.78. The van der Waals surface area contributed by atoms with Crippen LogP contribution in [0.15, 0.2) is 18.3 Å². The van der Waals surface area contributed by atoms with Gasteiger partial charge in [-0.05, 0) is 13.0 Å². The van der Waals surface area contributed by atoms with E-state index in [4.69, 9.17) is 5.73 Å². The Morgan fingerprint density at radius 2 is 2.38 bits per heavy atom. The molecule has 1 rings (SSSR count). The molecule has 1 aromatic heterocycles. The molecule has 0 spiro atoms. The van der Waals surface area contributed by atoms with Crippen molar-refractivity contribution in [1.29, 1.82) is 0 Å². The van der Waals surface area contributed by atoms with Crippen LogP contribution in [-0.2, 0) is 9.53 Å². The molecule has 0 fully saturated rings. The molecule has 0 saturated carbocycles. The SMILES string of the molecule is CCOC(=O)[C@H](N)[C@@H](O)c1ccc(F)nc1. The number of aliphatic hydroxyl groups excluding tert-OH is 1. The molecule has 1 aromatic rings. The van der Waals surface area contributed by atoms with Crippen molar-refractivity contribution in [2.24, 2.45) is 5.73 Å². The number of esters is 1. The van der Waals surface area contributed by atoms with E-state index in [0.29, 0.717) is 0 Å². The van der Waals surface area contributed by atoms with Gasteiger partial charge in [0.25, 0.3) is 0 Å². The number of carbonyl (C=O) groups is 1. The van der Waals surface area contributed by atoms with Gasteiger partial charge in [0.1, 0.15) is 12.1 Å². The summed E-state index contributed by atoms with van der Waals surface area (Å²) in [6, 6.07) is 1.19. The minimum Gasteiger partial charge on any atom is -0.465 e. The second-order valence-electron chi connectivity index (χ2n) is 3.14. The van der Waals surface area contributed by atoms with Crippen LogP contribution >= 0.6 is 0 Å². The van der Waals surface area contributed by atoms with Crippen LogP contribution in [0.4, 0.5) is 4.39 Å². The molecule has 0 aliphatic carbocycles. The number of nitrogens with zero attached hydrogens (tertiary/aromatic N) is 1. The largest absolute Gasteiger partial charge is 0.465 e. The molecule has 0 saturated heterocycles. The number of aromatic nitrogens is 1. The van der Waals surface area contributed by atoms with Crippen molar-refractivity contribution in [3.05, 3.63) is 29.8 Å². The van der Waals surface area contributed by atoms with Gasteiger partial charge in [-0.25, -0.2) is 4.98 Å². The molecule has 0 amide bonds. The van der Waals surface area contributed by atoms with Crippen LogP contribution in [-0.4, -0.2) is 28.7 Å². The van der Waals surface area contributed by atoms with E-state index in [2.05, 4.69) is 9.72 Å². The summed E-state index contributed by atoms with van der Waals surface area (Å²) in [6.07, 6.45) is -0.133. The van der Waals surface area contributed by atoms with Crippen LogP contribution in [0.2, 0.25) is 0 Å². The Bertz CT molecular complexity index is 356. The van der Waals surface area contributed by atoms with Gasteiger partial charge in [0.15, 0.2) is 0 Å². The van der Waals surface area contributed by atoms with Crippen molar-refractivity contribution in [1.82, 2.24) is 4.98 Å². The number of hydrogen-bond acceptors (Lipinski definition) is 5. The van der Waals surface area contributed by atoms with Crippen molar-refractivity contribution in [3.63, 3.8) is 0 Å². The highest BCUT2D eigenvalue weighted by atomic mass is 19.1. The molecule has 88 valence electrons. The summed E-state index contributed by atoms with van der Waals surface area (Å²) in [7, 11) is 0. The number of nitrogens with two attached hydrogens (primary N) is 1. The first kappa shape index (κ1) is 12.5. The topological polar surface area (TPSA) is 85.4 Å². The Morgan fingerprint density at radius 3 is 2.88 bits per heavy atom. The average Bonchev–Trinajstić information content (AvgIpc) is 2.28. The van der Waals surface area contributed by atoms with Crippen LogP contribution in [0.5, 0.6) is 0 Å². The second kappa shape index (κ2) is 5.53. The Kier molecular flexibility index (Phi) is 4.33. The van der Waals surface area contributed by atoms with E-state index in [0.717, 1.165) is 12.3 Å². The highest BCUT2D eigenvalue weighted by Crippen LogP contribution is 2.15. The fourth-order valence-electron chi connectivity index (χ4n) is 1.14. The van der Waals surface area contributed by atoms with E-state index >= 15 is 0 Å². The monoisotopic (exact) mass is 228 g/mol. The van der Waals surface area contributed by atoms with Crippen LogP contribution < -0.4 is 5.73 Å². The molecule has 0 bridgehead atoms. The first-order valence-corrected chi connectivity index (χ1v) is 4.78. The minimum absolute atomic E-state index is 0.181. The fourth-order valence-corrected chi connectivity index (χ4v) is 1.14. The van der Waals surface area contributed by atoms with E-state index in [1.807, 2.05) is 0 Å². The summed E-state index contributed by atoms with van der Waals surface area (Å²) in [5.74, 6) is -1.38.